The minimum atomic E-state index is 0.977. The van der Waals surface area contributed by atoms with Gasteiger partial charge in [0.05, 0.1) is 0 Å². The summed E-state index contributed by atoms with van der Waals surface area (Å²) in [5.74, 6) is 4.73. The average Bonchev–Trinajstić information content (AvgIpc) is 1.91. The van der Waals surface area contributed by atoms with Crippen molar-refractivity contribution in [3.05, 3.63) is 0 Å². The maximum Gasteiger partial charge on any atom is -0.00388 e. The van der Waals surface area contributed by atoms with Crippen LogP contribution in [0, 0.1) is 11.8 Å². The van der Waals surface area contributed by atoms with Crippen LogP contribution in [0.2, 0.25) is 0 Å². The highest BCUT2D eigenvalue weighted by atomic mass is 32.2. The Balaban J connectivity index is 2.33. The first-order chi connectivity index (χ1) is 3.30. The van der Waals surface area contributed by atoms with Crippen molar-refractivity contribution in [2.24, 2.45) is 11.8 Å². The highest BCUT2D eigenvalue weighted by molar-refractivity contribution is 7.99. The number of hydrogen-bond donors (Lipinski definition) is 0. The zero-order chi connectivity index (χ0) is 5.28. The molecule has 1 unspecified atom stereocenters. The molecule has 0 nitrogen and oxygen atoms in total. The first-order valence-corrected chi connectivity index (χ1v) is 4.04. The molecule has 0 aliphatic carbocycles. The molecule has 2 atom stereocenters. The van der Waals surface area contributed by atoms with E-state index in [-0.39, 0.29) is 0 Å². The molecule has 1 heterocycles. The number of rotatable bonds is 0. The van der Waals surface area contributed by atoms with Gasteiger partial charge in [0.1, 0.15) is 0 Å². The summed E-state index contributed by atoms with van der Waals surface area (Å²) in [5, 5.41) is 0. The largest absolute Gasteiger partial charge is 0.161 e. The van der Waals surface area contributed by atoms with Crippen molar-refractivity contribution in [2.75, 3.05) is 11.5 Å². The maximum absolute atomic E-state index is 2.34. The predicted octanol–water partition coefficient (Wildman–Crippen LogP) is 2.01. The van der Waals surface area contributed by atoms with E-state index in [1.54, 1.807) is 0 Å². The van der Waals surface area contributed by atoms with Gasteiger partial charge in [-0.3, -0.25) is 0 Å². The van der Waals surface area contributed by atoms with E-state index < -0.39 is 0 Å². The SMILES string of the molecule is CC1CSC[C@@H]1C. The minimum Gasteiger partial charge on any atom is -0.161 e. The van der Waals surface area contributed by atoms with Crippen LogP contribution in [-0.4, -0.2) is 11.5 Å². The summed E-state index contributed by atoms with van der Waals surface area (Å²) < 4.78 is 0. The molecular formula is C6H12S. The Morgan fingerprint density at radius 2 is 1.57 bits per heavy atom. The molecule has 1 fully saturated rings. The Morgan fingerprint density at radius 1 is 1.14 bits per heavy atom. The molecule has 0 radical (unpaired) electrons. The van der Waals surface area contributed by atoms with Gasteiger partial charge in [-0.05, 0) is 23.3 Å². The van der Waals surface area contributed by atoms with E-state index in [4.69, 9.17) is 0 Å². The molecule has 0 amide bonds. The van der Waals surface area contributed by atoms with Gasteiger partial charge in [0.25, 0.3) is 0 Å². The molecule has 1 rings (SSSR count). The highest BCUT2D eigenvalue weighted by Crippen LogP contribution is 2.28. The molecule has 0 aromatic heterocycles. The van der Waals surface area contributed by atoms with Crippen molar-refractivity contribution >= 4 is 11.8 Å². The summed E-state index contributed by atoms with van der Waals surface area (Å²) in [7, 11) is 0. The third-order valence-corrected chi connectivity index (χ3v) is 3.26. The first-order valence-electron chi connectivity index (χ1n) is 2.88. The standard InChI is InChI=1S/C6H12S/c1-5-3-7-4-6(5)2/h5-6H,3-4H2,1-2H3/t5-,6?/m0/s1. The van der Waals surface area contributed by atoms with Crippen LogP contribution in [0.1, 0.15) is 13.8 Å². The number of hydrogen-bond acceptors (Lipinski definition) is 1. The van der Waals surface area contributed by atoms with Crippen LogP contribution in [-0.2, 0) is 0 Å². The van der Waals surface area contributed by atoms with Gasteiger partial charge in [-0.25, -0.2) is 0 Å². The molecule has 0 spiro atoms. The summed E-state index contributed by atoms with van der Waals surface area (Å²) in [4.78, 5) is 0. The summed E-state index contributed by atoms with van der Waals surface area (Å²) in [5.41, 5.74) is 0. The van der Waals surface area contributed by atoms with E-state index in [9.17, 15) is 0 Å². The Morgan fingerprint density at radius 3 is 1.71 bits per heavy atom. The van der Waals surface area contributed by atoms with Crippen molar-refractivity contribution in [3.8, 4) is 0 Å². The highest BCUT2D eigenvalue weighted by Gasteiger charge is 2.18. The second-order valence-corrected chi connectivity index (χ2v) is 3.57. The molecular weight excluding hydrogens is 104 g/mol. The third kappa shape index (κ3) is 1.12. The van der Waals surface area contributed by atoms with Crippen molar-refractivity contribution < 1.29 is 0 Å². The van der Waals surface area contributed by atoms with Gasteiger partial charge in [-0.15, -0.1) is 0 Å². The van der Waals surface area contributed by atoms with Crippen LogP contribution < -0.4 is 0 Å². The molecule has 0 aromatic rings. The van der Waals surface area contributed by atoms with Crippen LogP contribution in [0.25, 0.3) is 0 Å². The van der Waals surface area contributed by atoms with E-state index in [0.717, 1.165) is 11.8 Å². The minimum absolute atomic E-state index is 0.977. The molecule has 0 bridgehead atoms. The second-order valence-electron chi connectivity index (χ2n) is 2.49. The van der Waals surface area contributed by atoms with E-state index in [2.05, 4.69) is 25.6 Å². The van der Waals surface area contributed by atoms with Gasteiger partial charge < -0.3 is 0 Å². The maximum atomic E-state index is 2.34. The smallest absolute Gasteiger partial charge is 0.00388 e. The lowest BCUT2D eigenvalue weighted by Gasteiger charge is -2.03. The lowest BCUT2D eigenvalue weighted by molar-refractivity contribution is 0.494. The quantitative estimate of drug-likeness (QED) is 0.466. The van der Waals surface area contributed by atoms with Crippen LogP contribution >= 0.6 is 11.8 Å². The fraction of sp³-hybridized carbons (Fsp3) is 1.00. The Bertz CT molecular complexity index is 53.2. The summed E-state index contributed by atoms with van der Waals surface area (Å²) in [6.45, 7) is 4.68. The van der Waals surface area contributed by atoms with Crippen molar-refractivity contribution in [1.82, 2.24) is 0 Å². The zero-order valence-electron chi connectivity index (χ0n) is 4.98. The Hall–Kier alpha value is 0.350. The van der Waals surface area contributed by atoms with E-state index in [1.165, 1.54) is 11.5 Å². The lowest BCUT2D eigenvalue weighted by atomic mass is 10.0. The number of thioether (sulfide) groups is 1. The van der Waals surface area contributed by atoms with Gasteiger partial charge in [-0.2, -0.15) is 11.8 Å². The van der Waals surface area contributed by atoms with Crippen molar-refractivity contribution in [2.45, 2.75) is 13.8 Å². The van der Waals surface area contributed by atoms with E-state index >= 15 is 0 Å². The molecule has 1 aliphatic heterocycles. The normalized spacial score (nSPS) is 42.0. The predicted molar refractivity (Wildman–Crippen MR) is 35.7 cm³/mol. The van der Waals surface area contributed by atoms with E-state index in [1.807, 2.05) is 0 Å². The molecule has 1 saturated heterocycles. The summed E-state index contributed by atoms with van der Waals surface area (Å²) >= 11 is 2.09. The molecule has 0 saturated carbocycles. The molecule has 42 valence electrons. The van der Waals surface area contributed by atoms with Gasteiger partial charge in [0, 0.05) is 0 Å². The van der Waals surface area contributed by atoms with Crippen molar-refractivity contribution in [3.63, 3.8) is 0 Å². The Kier molecular flexibility index (Phi) is 1.63. The van der Waals surface area contributed by atoms with Crippen LogP contribution in [0.15, 0.2) is 0 Å². The third-order valence-electron chi connectivity index (χ3n) is 1.73. The first kappa shape index (κ1) is 5.49. The average molecular weight is 116 g/mol. The second kappa shape index (κ2) is 2.08. The topological polar surface area (TPSA) is 0 Å². The fourth-order valence-electron chi connectivity index (χ4n) is 0.768. The van der Waals surface area contributed by atoms with Crippen LogP contribution in [0.5, 0.6) is 0 Å². The molecule has 1 aliphatic rings. The zero-order valence-corrected chi connectivity index (χ0v) is 5.79. The Labute approximate surface area is 49.7 Å². The van der Waals surface area contributed by atoms with Crippen LogP contribution in [0.3, 0.4) is 0 Å². The summed E-state index contributed by atoms with van der Waals surface area (Å²) in [6, 6.07) is 0. The van der Waals surface area contributed by atoms with Gasteiger partial charge >= 0.3 is 0 Å². The van der Waals surface area contributed by atoms with Crippen LogP contribution in [0.4, 0.5) is 0 Å². The van der Waals surface area contributed by atoms with Gasteiger partial charge in [0.15, 0.2) is 0 Å². The van der Waals surface area contributed by atoms with Gasteiger partial charge in [-0.1, -0.05) is 13.8 Å². The molecule has 0 aromatic carbocycles. The summed E-state index contributed by atoms with van der Waals surface area (Å²) in [6.07, 6.45) is 0. The van der Waals surface area contributed by atoms with Gasteiger partial charge in [0.2, 0.25) is 0 Å². The van der Waals surface area contributed by atoms with Crippen molar-refractivity contribution in [1.29, 1.82) is 0 Å². The molecule has 1 heteroatoms. The molecule has 0 N–H and O–H groups in total. The monoisotopic (exact) mass is 116 g/mol. The molecule has 7 heavy (non-hydrogen) atoms. The van der Waals surface area contributed by atoms with E-state index in [0.29, 0.717) is 0 Å². The lowest BCUT2D eigenvalue weighted by Crippen LogP contribution is -2.01. The fourth-order valence-corrected chi connectivity index (χ4v) is 2.31.